The molecular formula is C25H28N2O6S. The van der Waals surface area contributed by atoms with Crippen molar-refractivity contribution < 1.29 is 29.3 Å². The van der Waals surface area contributed by atoms with Crippen molar-refractivity contribution in [2.24, 2.45) is 0 Å². The van der Waals surface area contributed by atoms with Gasteiger partial charge in [0.05, 0.1) is 24.6 Å². The number of benzene rings is 2. The van der Waals surface area contributed by atoms with Gasteiger partial charge in [-0.15, -0.1) is 0 Å². The third-order valence-electron chi connectivity index (χ3n) is 5.36. The van der Waals surface area contributed by atoms with Crippen molar-refractivity contribution in [2.75, 3.05) is 44.3 Å². The van der Waals surface area contributed by atoms with Crippen LogP contribution < -0.4 is 4.90 Å². The molecule has 180 valence electrons. The summed E-state index contributed by atoms with van der Waals surface area (Å²) in [7, 11) is 0. The van der Waals surface area contributed by atoms with Crippen LogP contribution in [0.4, 0.5) is 11.4 Å². The normalized spacial score (nSPS) is 15.1. The Balaban J connectivity index is 0.000000350. The average molecular weight is 485 g/mol. The lowest BCUT2D eigenvalue weighted by atomic mass is 10.1. The van der Waals surface area contributed by atoms with Gasteiger partial charge >= 0.3 is 11.9 Å². The number of ketones is 1. The Morgan fingerprint density at radius 2 is 1.59 bits per heavy atom. The molecule has 2 heterocycles. The predicted molar refractivity (Wildman–Crippen MR) is 130 cm³/mol. The van der Waals surface area contributed by atoms with Gasteiger partial charge in [0, 0.05) is 53.7 Å². The van der Waals surface area contributed by atoms with Crippen LogP contribution in [0.1, 0.15) is 23.7 Å². The minimum Gasteiger partial charge on any atom is -0.478 e. The van der Waals surface area contributed by atoms with Gasteiger partial charge in [-0.3, -0.25) is 9.69 Å². The molecule has 0 radical (unpaired) electrons. The molecule has 0 aliphatic carbocycles. The zero-order chi connectivity index (χ0) is 24.5. The summed E-state index contributed by atoms with van der Waals surface area (Å²) in [5.74, 6) is -2.40. The van der Waals surface area contributed by atoms with Crippen molar-refractivity contribution >= 4 is 40.9 Å². The summed E-state index contributed by atoms with van der Waals surface area (Å²) in [6, 6.07) is 14.6. The quantitative estimate of drug-likeness (QED) is 0.446. The van der Waals surface area contributed by atoms with Crippen LogP contribution in [-0.4, -0.2) is 72.2 Å². The lowest BCUT2D eigenvalue weighted by Gasteiger charge is -2.34. The largest absolute Gasteiger partial charge is 0.478 e. The minimum atomic E-state index is -1.26. The molecule has 1 saturated heterocycles. The standard InChI is InChI=1S/C21H24N2O2S.C4H4O4/c1-16(24)17-7-8-21-19(15-17)23(18-5-2-3-6-20(18)26-21)10-4-9-22-11-13-25-14-12-22;5-3(6)1-2-4(7)8/h2-3,5-8,15H,4,9-14H2,1H3;1-2H,(H,5,6)(H,7,8)/b;2-1+. The molecule has 2 aliphatic heterocycles. The number of para-hydroxylation sites is 1. The highest BCUT2D eigenvalue weighted by atomic mass is 32.2. The topological polar surface area (TPSA) is 107 Å². The lowest BCUT2D eigenvalue weighted by molar-refractivity contribution is -0.134. The molecule has 2 N–H and O–H groups in total. The molecular weight excluding hydrogens is 456 g/mol. The van der Waals surface area contributed by atoms with Crippen LogP contribution in [0.3, 0.4) is 0 Å². The molecule has 0 unspecified atom stereocenters. The van der Waals surface area contributed by atoms with Gasteiger partial charge in [-0.1, -0.05) is 30.0 Å². The summed E-state index contributed by atoms with van der Waals surface area (Å²) in [4.78, 5) is 38.3. The van der Waals surface area contributed by atoms with Crippen LogP contribution in [0.5, 0.6) is 0 Å². The molecule has 0 amide bonds. The van der Waals surface area contributed by atoms with E-state index in [2.05, 4.69) is 46.2 Å². The average Bonchev–Trinajstić information content (AvgIpc) is 2.83. The first kappa shape index (κ1) is 25.5. The molecule has 1 fully saturated rings. The fourth-order valence-electron chi connectivity index (χ4n) is 3.71. The van der Waals surface area contributed by atoms with Crippen molar-refractivity contribution in [1.82, 2.24) is 4.90 Å². The molecule has 0 atom stereocenters. The first-order valence-corrected chi connectivity index (χ1v) is 11.8. The van der Waals surface area contributed by atoms with E-state index >= 15 is 0 Å². The van der Waals surface area contributed by atoms with Crippen molar-refractivity contribution in [1.29, 1.82) is 0 Å². The zero-order valence-corrected chi connectivity index (χ0v) is 19.8. The molecule has 2 aromatic rings. The van der Waals surface area contributed by atoms with Gasteiger partial charge in [0.15, 0.2) is 5.78 Å². The van der Waals surface area contributed by atoms with Crippen LogP contribution in [0, 0.1) is 0 Å². The molecule has 2 aromatic carbocycles. The first-order valence-electron chi connectivity index (χ1n) is 11.0. The Hall–Kier alpha value is -3.14. The third-order valence-corrected chi connectivity index (χ3v) is 6.49. The van der Waals surface area contributed by atoms with Gasteiger partial charge in [0.2, 0.25) is 0 Å². The molecule has 2 aliphatic rings. The summed E-state index contributed by atoms with van der Waals surface area (Å²) in [5, 5.41) is 15.6. The number of carbonyl (C=O) groups is 3. The van der Waals surface area contributed by atoms with Crippen LogP contribution >= 0.6 is 11.8 Å². The SMILES string of the molecule is CC(=O)c1ccc2c(c1)N(CCCN1CCOCC1)c1ccccc1S2.O=C(O)/C=C/C(=O)O. The molecule has 0 bridgehead atoms. The number of anilines is 2. The fourth-order valence-corrected chi connectivity index (χ4v) is 4.79. The van der Waals surface area contributed by atoms with Crippen molar-refractivity contribution in [2.45, 2.75) is 23.1 Å². The molecule has 0 spiro atoms. The van der Waals surface area contributed by atoms with Crippen LogP contribution in [0.25, 0.3) is 0 Å². The van der Waals surface area contributed by atoms with E-state index in [1.54, 1.807) is 18.7 Å². The Labute approximate surface area is 202 Å². The van der Waals surface area contributed by atoms with E-state index in [1.807, 2.05) is 6.07 Å². The summed E-state index contributed by atoms with van der Waals surface area (Å²) in [6.07, 6.45) is 2.20. The maximum atomic E-state index is 11.9. The van der Waals surface area contributed by atoms with E-state index in [4.69, 9.17) is 14.9 Å². The predicted octanol–water partition coefficient (Wildman–Crippen LogP) is 3.93. The van der Waals surface area contributed by atoms with E-state index in [9.17, 15) is 14.4 Å². The highest BCUT2D eigenvalue weighted by molar-refractivity contribution is 7.99. The lowest BCUT2D eigenvalue weighted by Crippen LogP contribution is -2.38. The number of nitrogens with zero attached hydrogens (tertiary/aromatic N) is 2. The summed E-state index contributed by atoms with van der Waals surface area (Å²) >= 11 is 1.79. The van der Waals surface area contributed by atoms with E-state index in [-0.39, 0.29) is 5.78 Å². The van der Waals surface area contributed by atoms with Gasteiger partial charge in [-0.05, 0) is 37.6 Å². The molecule has 34 heavy (non-hydrogen) atoms. The highest BCUT2D eigenvalue weighted by Crippen LogP contribution is 2.48. The van der Waals surface area contributed by atoms with Crippen LogP contribution in [-0.2, 0) is 14.3 Å². The maximum absolute atomic E-state index is 11.9. The second-order valence-corrected chi connectivity index (χ2v) is 8.86. The molecule has 8 nitrogen and oxygen atoms in total. The Bertz CT molecular complexity index is 1050. The minimum absolute atomic E-state index is 0.116. The number of aliphatic carboxylic acids is 2. The number of fused-ring (bicyclic) bond motifs is 2. The van der Waals surface area contributed by atoms with E-state index in [0.29, 0.717) is 12.2 Å². The van der Waals surface area contributed by atoms with Gasteiger partial charge in [0.1, 0.15) is 0 Å². The number of carboxylic acids is 2. The van der Waals surface area contributed by atoms with Gasteiger partial charge in [-0.25, -0.2) is 9.59 Å². The molecule has 0 saturated carbocycles. The number of hydrogen-bond acceptors (Lipinski definition) is 7. The number of morpholine rings is 1. The number of Topliss-reactive ketones (excluding diaryl/α,β-unsaturated/α-hetero) is 1. The van der Waals surface area contributed by atoms with Gasteiger partial charge in [-0.2, -0.15) is 0 Å². The summed E-state index contributed by atoms with van der Waals surface area (Å²) in [5.41, 5.74) is 3.18. The molecule has 9 heteroatoms. The number of carbonyl (C=O) groups excluding carboxylic acids is 1. The van der Waals surface area contributed by atoms with Gasteiger partial charge in [0.25, 0.3) is 0 Å². The second kappa shape index (κ2) is 12.4. The van der Waals surface area contributed by atoms with Gasteiger partial charge < -0.3 is 19.8 Å². The fraction of sp³-hybridized carbons (Fsp3) is 0.320. The zero-order valence-electron chi connectivity index (χ0n) is 19.0. The van der Waals surface area contributed by atoms with Crippen molar-refractivity contribution in [3.05, 3.63) is 60.2 Å². The molecule has 4 rings (SSSR count). The summed E-state index contributed by atoms with van der Waals surface area (Å²) < 4.78 is 5.44. The number of rotatable bonds is 7. The Morgan fingerprint density at radius 1 is 0.941 bits per heavy atom. The monoisotopic (exact) mass is 484 g/mol. The Morgan fingerprint density at radius 3 is 2.24 bits per heavy atom. The van der Waals surface area contributed by atoms with E-state index < -0.39 is 11.9 Å². The smallest absolute Gasteiger partial charge is 0.328 e. The highest BCUT2D eigenvalue weighted by Gasteiger charge is 2.24. The molecule has 0 aromatic heterocycles. The number of ether oxygens (including phenoxy) is 1. The maximum Gasteiger partial charge on any atom is 0.328 e. The van der Waals surface area contributed by atoms with Crippen molar-refractivity contribution in [3.8, 4) is 0 Å². The summed E-state index contributed by atoms with van der Waals surface area (Å²) in [6.45, 7) is 7.39. The van der Waals surface area contributed by atoms with Crippen LogP contribution in [0.2, 0.25) is 0 Å². The van der Waals surface area contributed by atoms with Crippen molar-refractivity contribution in [3.63, 3.8) is 0 Å². The van der Waals surface area contributed by atoms with E-state index in [1.165, 1.54) is 15.5 Å². The first-order chi connectivity index (χ1) is 16.3. The second-order valence-electron chi connectivity index (χ2n) is 7.78. The number of carboxylic acid groups (broad SMARTS) is 2. The van der Waals surface area contributed by atoms with Crippen LogP contribution in [0.15, 0.2) is 64.4 Å². The Kier molecular flexibility index (Phi) is 9.26. The third kappa shape index (κ3) is 7.18. The number of hydrogen-bond donors (Lipinski definition) is 2. The van der Waals surface area contributed by atoms with E-state index in [0.717, 1.165) is 57.1 Å².